The summed E-state index contributed by atoms with van der Waals surface area (Å²) in [5.74, 6) is -2.81. The lowest BCUT2D eigenvalue weighted by Crippen LogP contribution is -2.66. The number of amides is 1. The maximum absolute atomic E-state index is 14.9. The van der Waals surface area contributed by atoms with Gasteiger partial charge in [-0.05, 0) is 30.9 Å². The maximum atomic E-state index is 14.9. The number of nitriles is 1. The molecule has 14 heteroatoms. The van der Waals surface area contributed by atoms with E-state index in [0.29, 0.717) is 25.9 Å². The van der Waals surface area contributed by atoms with Gasteiger partial charge in [0.05, 0.1) is 29.9 Å². The van der Waals surface area contributed by atoms with E-state index in [2.05, 4.69) is 36.0 Å². The number of rotatable bonds is 6. The Balaban J connectivity index is 1.14. The van der Waals surface area contributed by atoms with Crippen LogP contribution in [0.4, 0.5) is 17.6 Å². The molecule has 10 nitrogen and oxygen atoms in total. The molecule has 0 unspecified atom stereocenters. The van der Waals surface area contributed by atoms with Crippen LogP contribution in [0.1, 0.15) is 60.8 Å². The Labute approximate surface area is 244 Å². The molecule has 43 heavy (non-hydrogen) atoms. The maximum Gasteiger partial charge on any atom is 0.436 e. The largest absolute Gasteiger partial charge is 0.436 e. The van der Waals surface area contributed by atoms with E-state index in [9.17, 15) is 27.6 Å². The molecule has 1 amide bonds. The van der Waals surface area contributed by atoms with Crippen LogP contribution in [0, 0.1) is 17.1 Å². The van der Waals surface area contributed by atoms with Crippen molar-refractivity contribution in [2.24, 2.45) is 0 Å². The van der Waals surface area contributed by atoms with Crippen molar-refractivity contribution in [2.75, 3.05) is 26.2 Å². The molecule has 0 aliphatic carbocycles. The Hall–Kier alpha value is -4.38. The molecule has 4 aromatic heterocycles. The number of aromatic nitrogens is 6. The predicted octanol–water partition coefficient (Wildman–Crippen LogP) is 4.73. The number of carbonyl (C=O) groups excluding carboxylic acids is 1. The van der Waals surface area contributed by atoms with Crippen LogP contribution in [-0.2, 0) is 11.7 Å². The SMILES string of the molecule is CC(C)c1cc(C(=O)N2CCC(N3CC(CC#N)(n4cc(-c5ncnc6[nH]ccc56)cn4)C3)CC2)c(F)c(C(F)(F)F)n1. The minimum atomic E-state index is -5.01. The smallest absolute Gasteiger partial charge is 0.346 e. The van der Waals surface area contributed by atoms with Gasteiger partial charge in [-0.25, -0.2) is 19.3 Å². The van der Waals surface area contributed by atoms with Gasteiger partial charge in [0, 0.05) is 61.3 Å². The van der Waals surface area contributed by atoms with Gasteiger partial charge in [-0.2, -0.15) is 23.5 Å². The zero-order chi connectivity index (χ0) is 30.5. The van der Waals surface area contributed by atoms with Crippen molar-refractivity contribution in [2.45, 2.75) is 56.8 Å². The number of aromatic amines is 1. The van der Waals surface area contributed by atoms with Crippen molar-refractivity contribution in [3.63, 3.8) is 0 Å². The summed E-state index contributed by atoms with van der Waals surface area (Å²) in [6.07, 6.45) is 3.29. The van der Waals surface area contributed by atoms with Crippen molar-refractivity contribution < 1.29 is 22.4 Å². The first-order chi connectivity index (χ1) is 20.5. The van der Waals surface area contributed by atoms with Gasteiger partial charge in [-0.15, -0.1) is 0 Å². The summed E-state index contributed by atoms with van der Waals surface area (Å²) in [5.41, 5.74) is -0.496. The van der Waals surface area contributed by atoms with Gasteiger partial charge in [0.2, 0.25) is 0 Å². The van der Waals surface area contributed by atoms with E-state index in [-0.39, 0.29) is 31.2 Å². The van der Waals surface area contributed by atoms with E-state index in [0.717, 1.165) is 28.4 Å². The number of nitrogens with zero attached hydrogens (tertiary/aromatic N) is 8. The van der Waals surface area contributed by atoms with Gasteiger partial charge in [0.25, 0.3) is 5.91 Å². The Morgan fingerprint density at radius 1 is 1.23 bits per heavy atom. The van der Waals surface area contributed by atoms with Crippen LogP contribution in [0.5, 0.6) is 0 Å². The molecule has 2 aliphatic heterocycles. The third-order valence-corrected chi connectivity index (χ3v) is 8.43. The lowest BCUT2D eigenvalue weighted by Gasteiger charge is -2.53. The molecular weight excluding hydrogens is 566 g/mol. The Morgan fingerprint density at radius 2 is 1.98 bits per heavy atom. The molecule has 0 aromatic carbocycles. The molecule has 6 rings (SSSR count). The van der Waals surface area contributed by atoms with Crippen molar-refractivity contribution in [3.05, 3.63) is 59.8 Å². The van der Waals surface area contributed by atoms with Crippen molar-refractivity contribution in [3.8, 4) is 17.3 Å². The van der Waals surface area contributed by atoms with Crippen LogP contribution in [0.15, 0.2) is 37.1 Å². The second kappa shape index (κ2) is 10.7. The monoisotopic (exact) mass is 595 g/mol. The molecule has 4 aromatic rings. The first kappa shape index (κ1) is 28.7. The van der Waals surface area contributed by atoms with Crippen LogP contribution in [0.3, 0.4) is 0 Å². The number of H-pyrrole nitrogens is 1. The quantitative estimate of drug-likeness (QED) is 0.320. The fraction of sp³-hybridized carbons (Fsp3) is 0.448. The summed E-state index contributed by atoms with van der Waals surface area (Å²) in [6.45, 7) is 4.99. The second-order valence-corrected chi connectivity index (χ2v) is 11.5. The molecule has 6 heterocycles. The van der Waals surface area contributed by atoms with E-state index >= 15 is 0 Å². The summed E-state index contributed by atoms with van der Waals surface area (Å²) in [5, 5.41) is 15.1. The molecule has 224 valence electrons. The van der Waals surface area contributed by atoms with Gasteiger partial charge < -0.3 is 9.88 Å². The number of fused-ring (bicyclic) bond motifs is 1. The van der Waals surface area contributed by atoms with E-state index in [1.54, 1.807) is 26.2 Å². The molecule has 2 aliphatic rings. The number of hydrogen-bond donors (Lipinski definition) is 1. The molecular formula is C29H29F4N9O. The highest BCUT2D eigenvalue weighted by Crippen LogP contribution is 2.38. The Morgan fingerprint density at radius 3 is 2.65 bits per heavy atom. The van der Waals surface area contributed by atoms with Crippen molar-refractivity contribution in [1.29, 1.82) is 5.26 Å². The topological polar surface area (TPSA) is 120 Å². The number of piperidine rings is 1. The van der Waals surface area contributed by atoms with Crippen LogP contribution < -0.4 is 0 Å². The number of carbonyl (C=O) groups is 1. The summed E-state index contributed by atoms with van der Waals surface area (Å²) in [7, 11) is 0. The minimum absolute atomic E-state index is 0.0142. The number of alkyl halides is 3. The van der Waals surface area contributed by atoms with Crippen molar-refractivity contribution >= 4 is 16.9 Å². The van der Waals surface area contributed by atoms with E-state index in [1.165, 1.54) is 11.2 Å². The molecule has 0 radical (unpaired) electrons. The van der Waals surface area contributed by atoms with Gasteiger partial charge in [-0.3, -0.25) is 14.4 Å². The molecule has 0 atom stereocenters. The Bertz CT molecular complexity index is 1710. The zero-order valence-electron chi connectivity index (χ0n) is 23.6. The van der Waals surface area contributed by atoms with E-state index in [1.807, 2.05) is 16.9 Å². The van der Waals surface area contributed by atoms with Crippen molar-refractivity contribution in [1.82, 2.24) is 39.5 Å². The highest BCUT2D eigenvalue weighted by Gasteiger charge is 2.48. The highest BCUT2D eigenvalue weighted by molar-refractivity contribution is 5.95. The van der Waals surface area contributed by atoms with Crippen LogP contribution in [0.2, 0.25) is 0 Å². The second-order valence-electron chi connectivity index (χ2n) is 11.5. The first-order valence-corrected chi connectivity index (χ1v) is 14.0. The van der Waals surface area contributed by atoms with Crippen LogP contribution in [-0.4, -0.2) is 77.6 Å². The third-order valence-electron chi connectivity index (χ3n) is 8.43. The molecule has 0 spiro atoms. The van der Waals surface area contributed by atoms with Crippen LogP contribution >= 0.6 is 0 Å². The Kier molecular flexibility index (Phi) is 7.16. The standard InChI is InChI=1S/C29H29F4N9O/c1-17(2)22-11-21(23(30)25(39-22)29(31,32)33)27(43)40-9-4-19(5-10-40)41-14-28(15-41,6-7-34)42-13-18(12-38-42)24-20-3-8-35-26(20)37-16-36-24/h3,8,11-13,16-17,19H,4-6,9-10,14-15H2,1-2H3,(H,35,36,37). The number of halogens is 4. The molecule has 2 fully saturated rings. The average molecular weight is 596 g/mol. The van der Waals surface area contributed by atoms with Gasteiger partial charge in [0.15, 0.2) is 11.5 Å². The van der Waals surface area contributed by atoms with Crippen LogP contribution in [0.25, 0.3) is 22.3 Å². The summed E-state index contributed by atoms with van der Waals surface area (Å²) in [4.78, 5) is 32.0. The fourth-order valence-electron chi connectivity index (χ4n) is 6.05. The zero-order valence-corrected chi connectivity index (χ0v) is 23.6. The van der Waals surface area contributed by atoms with Gasteiger partial charge in [0.1, 0.15) is 17.5 Å². The normalized spacial score (nSPS) is 17.8. The molecule has 1 N–H and O–H groups in total. The summed E-state index contributed by atoms with van der Waals surface area (Å²) < 4.78 is 57.1. The molecule has 0 saturated carbocycles. The van der Waals surface area contributed by atoms with Gasteiger partial charge >= 0.3 is 6.18 Å². The summed E-state index contributed by atoms with van der Waals surface area (Å²) >= 11 is 0. The molecule has 0 bridgehead atoms. The lowest BCUT2D eigenvalue weighted by molar-refractivity contribution is -0.143. The summed E-state index contributed by atoms with van der Waals surface area (Å²) in [6, 6.07) is 5.43. The van der Waals surface area contributed by atoms with E-state index in [4.69, 9.17) is 0 Å². The average Bonchev–Trinajstić information content (AvgIpc) is 3.64. The first-order valence-electron chi connectivity index (χ1n) is 14.0. The molecule has 2 saturated heterocycles. The predicted molar refractivity (Wildman–Crippen MR) is 147 cm³/mol. The number of hydrogen-bond acceptors (Lipinski definition) is 7. The van der Waals surface area contributed by atoms with E-state index < -0.39 is 40.6 Å². The number of likely N-dealkylation sites (tertiary alicyclic amines) is 2. The third kappa shape index (κ3) is 5.11. The highest BCUT2D eigenvalue weighted by atomic mass is 19.4. The number of pyridine rings is 1. The minimum Gasteiger partial charge on any atom is -0.346 e. The number of nitrogens with one attached hydrogen (secondary N) is 1. The fourth-order valence-corrected chi connectivity index (χ4v) is 6.05. The van der Waals surface area contributed by atoms with Gasteiger partial charge in [-0.1, -0.05) is 13.8 Å². The lowest BCUT2D eigenvalue weighted by atomic mass is 9.83.